The van der Waals surface area contributed by atoms with E-state index in [-0.39, 0.29) is 29.8 Å². The topological polar surface area (TPSA) is 55.5 Å². The van der Waals surface area contributed by atoms with Gasteiger partial charge >= 0.3 is 0 Å². The highest BCUT2D eigenvalue weighted by atomic mass is 127. The Morgan fingerprint density at radius 3 is 2.93 bits per heavy atom. The van der Waals surface area contributed by atoms with E-state index in [1.165, 1.54) is 37.1 Å². The molecule has 5 nitrogen and oxygen atoms in total. The monoisotopic (exact) mass is 501 g/mol. The van der Waals surface area contributed by atoms with Crippen molar-refractivity contribution in [2.24, 2.45) is 10.9 Å². The number of hydrogen-bond donors (Lipinski definition) is 3. The molecule has 0 aliphatic carbocycles. The molecule has 156 valence electrons. The average molecular weight is 501 g/mol. The van der Waals surface area contributed by atoms with Crippen LogP contribution >= 0.6 is 24.0 Å². The Bertz CT molecular complexity index is 773. The number of guanidine groups is 1. The minimum atomic E-state index is -0.211. The predicted molar refractivity (Wildman–Crippen MR) is 126 cm³/mol. The smallest absolute Gasteiger partial charge is 0.190 e. The van der Waals surface area contributed by atoms with Crippen LogP contribution in [0.2, 0.25) is 0 Å². The van der Waals surface area contributed by atoms with Crippen LogP contribution in [0.15, 0.2) is 29.4 Å². The second-order valence-corrected chi connectivity index (χ2v) is 7.73. The van der Waals surface area contributed by atoms with Gasteiger partial charge in [0.25, 0.3) is 0 Å². The summed E-state index contributed by atoms with van der Waals surface area (Å²) < 4.78 is 13.3. The molecule has 0 saturated carbocycles. The molecule has 3 N–H and O–H groups in total. The van der Waals surface area contributed by atoms with Crippen LogP contribution in [-0.4, -0.2) is 55.1 Å². The summed E-state index contributed by atoms with van der Waals surface area (Å²) in [5.74, 6) is 1.31. The number of benzene rings is 1. The summed E-state index contributed by atoms with van der Waals surface area (Å²) in [4.78, 5) is 10.0. The molecule has 2 aromatic rings. The normalized spacial score (nSPS) is 18.3. The highest BCUT2D eigenvalue weighted by Crippen LogP contribution is 2.19. The molecule has 1 aromatic carbocycles. The number of piperidine rings is 1. The largest absolute Gasteiger partial charge is 0.361 e. The lowest BCUT2D eigenvalue weighted by atomic mass is 9.97. The molecular weight excluding hydrogens is 468 g/mol. The van der Waals surface area contributed by atoms with Crippen LogP contribution in [0.4, 0.5) is 4.39 Å². The number of aromatic amines is 1. The van der Waals surface area contributed by atoms with Crippen molar-refractivity contribution in [1.82, 2.24) is 20.5 Å². The van der Waals surface area contributed by atoms with Crippen LogP contribution in [-0.2, 0) is 6.42 Å². The van der Waals surface area contributed by atoms with E-state index in [0.717, 1.165) is 42.9 Å². The van der Waals surface area contributed by atoms with Gasteiger partial charge in [-0.05, 0) is 69.3 Å². The maximum atomic E-state index is 13.3. The summed E-state index contributed by atoms with van der Waals surface area (Å²) in [6, 6.07) is 5.51. The molecule has 1 unspecified atom stereocenters. The van der Waals surface area contributed by atoms with Crippen LogP contribution in [0.5, 0.6) is 0 Å². The highest BCUT2D eigenvalue weighted by Gasteiger charge is 2.21. The fourth-order valence-electron chi connectivity index (χ4n) is 3.88. The van der Waals surface area contributed by atoms with Gasteiger partial charge in [-0.3, -0.25) is 4.99 Å². The Hall–Kier alpha value is -1.35. The Balaban J connectivity index is 0.00000280. The lowest BCUT2D eigenvalue weighted by Crippen LogP contribution is -2.46. The third-order valence-electron chi connectivity index (χ3n) is 5.48. The van der Waals surface area contributed by atoms with Crippen molar-refractivity contribution < 1.29 is 4.39 Å². The van der Waals surface area contributed by atoms with Crippen molar-refractivity contribution in [1.29, 1.82) is 0 Å². The molecule has 1 saturated heterocycles. The van der Waals surface area contributed by atoms with E-state index in [0.29, 0.717) is 12.0 Å². The maximum absolute atomic E-state index is 13.3. The third-order valence-corrected chi connectivity index (χ3v) is 5.48. The van der Waals surface area contributed by atoms with Gasteiger partial charge in [0.1, 0.15) is 5.82 Å². The quantitative estimate of drug-likeness (QED) is 0.321. The first-order chi connectivity index (χ1) is 13.1. The molecule has 1 aromatic heterocycles. The van der Waals surface area contributed by atoms with Gasteiger partial charge in [0.15, 0.2) is 5.96 Å². The van der Waals surface area contributed by atoms with E-state index >= 15 is 0 Å². The molecule has 1 fully saturated rings. The zero-order valence-corrected chi connectivity index (χ0v) is 19.4. The summed E-state index contributed by atoms with van der Waals surface area (Å²) in [6.07, 6.45) is 5.37. The zero-order chi connectivity index (χ0) is 19.2. The molecule has 1 aliphatic heterocycles. The molecule has 28 heavy (non-hydrogen) atoms. The number of likely N-dealkylation sites (tertiary alicyclic amines) is 1. The Morgan fingerprint density at radius 1 is 1.36 bits per heavy atom. The van der Waals surface area contributed by atoms with Gasteiger partial charge in [-0.15, -0.1) is 24.0 Å². The molecule has 2 heterocycles. The van der Waals surface area contributed by atoms with Crippen molar-refractivity contribution in [3.8, 4) is 0 Å². The SMILES string of the molecule is CN=C(NCCc1c[nH]c2cc(F)ccc12)NCC1CCCN(C(C)C)C1.I. The van der Waals surface area contributed by atoms with Gasteiger partial charge in [-0.2, -0.15) is 0 Å². The van der Waals surface area contributed by atoms with Crippen molar-refractivity contribution in [2.45, 2.75) is 39.2 Å². The van der Waals surface area contributed by atoms with Gasteiger partial charge < -0.3 is 20.5 Å². The van der Waals surface area contributed by atoms with Gasteiger partial charge in [0.05, 0.1) is 0 Å². The van der Waals surface area contributed by atoms with E-state index in [1.807, 2.05) is 19.3 Å². The first-order valence-electron chi connectivity index (χ1n) is 10.0. The Kier molecular flexibility index (Phi) is 9.01. The standard InChI is InChI=1S/C21H32FN5.HI/c1-15(2)27-10-4-5-16(14-27)12-26-21(23-3)24-9-8-17-13-25-20-11-18(22)6-7-19(17)20;/h6-7,11,13,15-16,25H,4-5,8-10,12,14H2,1-3H3,(H2,23,24,26);1H. The lowest BCUT2D eigenvalue weighted by Gasteiger charge is -2.35. The number of hydrogen-bond acceptors (Lipinski definition) is 2. The van der Waals surface area contributed by atoms with Crippen LogP contribution in [0, 0.1) is 11.7 Å². The second-order valence-electron chi connectivity index (χ2n) is 7.73. The maximum Gasteiger partial charge on any atom is 0.190 e. The minimum absolute atomic E-state index is 0. The fraction of sp³-hybridized carbons (Fsp3) is 0.571. The molecular formula is C21H33FIN5. The first kappa shape index (κ1) is 22.9. The number of aliphatic imine (C=N–C) groups is 1. The summed E-state index contributed by atoms with van der Waals surface area (Å²) >= 11 is 0. The number of halogens is 2. The van der Waals surface area contributed by atoms with Gasteiger partial charge in [-0.25, -0.2) is 4.39 Å². The fourth-order valence-corrected chi connectivity index (χ4v) is 3.88. The summed E-state index contributed by atoms with van der Waals surface area (Å²) in [5.41, 5.74) is 2.03. The van der Waals surface area contributed by atoms with Crippen LogP contribution in [0.1, 0.15) is 32.3 Å². The number of aromatic nitrogens is 1. The van der Waals surface area contributed by atoms with Crippen molar-refractivity contribution in [3.63, 3.8) is 0 Å². The summed E-state index contributed by atoms with van der Waals surface area (Å²) in [7, 11) is 1.81. The van der Waals surface area contributed by atoms with E-state index in [4.69, 9.17) is 0 Å². The van der Waals surface area contributed by atoms with Gasteiger partial charge in [0, 0.05) is 49.8 Å². The predicted octanol–water partition coefficient (Wildman–Crippen LogP) is 3.75. The second kappa shape index (κ2) is 11.0. The molecule has 7 heteroatoms. The number of rotatable bonds is 6. The van der Waals surface area contributed by atoms with E-state index in [2.05, 4.69) is 39.4 Å². The number of H-pyrrole nitrogens is 1. The summed E-state index contributed by atoms with van der Waals surface area (Å²) in [5, 5.41) is 7.95. The Labute approximate surface area is 184 Å². The molecule has 0 amide bonds. The molecule has 0 bridgehead atoms. The van der Waals surface area contributed by atoms with Gasteiger partial charge in [0.2, 0.25) is 0 Å². The summed E-state index contributed by atoms with van der Waals surface area (Å²) in [6.45, 7) is 8.66. The molecule has 0 spiro atoms. The average Bonchev–Trinajstić information content (AvgIpc) is 3.06. The van der Waals surface area contributed by atoms with E-state index < -0.39 is 0 Å². The number of nitrogens with zero attached hydrogens (tertiary/aromatic N) is 2. The zero-order valence-electron chi connectivity index (χ0n) is 17.1. The Morgan fingerprint density at radius 2 is 2.18 bits per heavy atom. The molecule has 1 atom stereocenters. The van der Waals surface area contributed by atoms with Crippen LogP contribution < -0.4 is 10.6 Å². The van der Waals surface area contributed by atoms with Crippen LogP contribution in [0.3, 0.4) is 0 Å². The molecule has 1 aliphatic rings. The number of nitrogens with one attached hydrogen (secondary N) is 3. The highest BCUT2D eigenvalue weighted by molar-refractivity contribution is 14.0. The van der Waals surface area contributed by atoms with Crippen molar-refractivity contribution in [3.05, 3.63) is 35.8 Å². The molecule has 0 radical (unpaired) electrons. The minimum Gasteiger partial charge on any atom is -0.361 e. The van der Waals surface area contributed by atoms with Crippen LogP contribution in [0.25, 0.3) is 10.9 Å². The first-order valence-corrected chi connectivity index (χ1v) is 10.0. The van der Waals surface area contributed by atoms with E-state index in [1.54, 1.807) is 0 Å². The molecule has 3 rings (SSSR count). The third kappa shape index (κ3) is 6.07. The van der Waals surface area contributed by atoms with Gasteiger partial charge in [-0.1, -0.05) is 0 Å². The van der Waals surface area contributed by atoms with Crippen molar-refractivity contribution >= 4 is 40.8 Å². The van der Waals surface area contributed by atoms with E-state index in [9.17, 15) is 4.39 Å². The lowest BCUT2D eigenvalue weighted by molar-refractivity contribution is 0.141. The number of fused-ring (bicyclic) bond motifs is 1. The van der Waals surface area contributed by atoms with Crippen molar-refractivity contribution in [2.75, 3.05) is 33.2 Å².